The van der Waals surface area contributed by atoms with Crippen LogP contribution in [0.2, 0.25) is 0 Å². The van der Waals surface area contributed by atoms with Crippen LogP contribution in [0.15, 0.2) is 11.1 Å². The predicted molar refractivity (Wildman–Crippen MR) is 50.1 cm³/mol. The van der Waals surface area contributed by atoms with E-state index in [4.69, 9.17) is 5.11 Å². The summed E-state index contributed by atoms with van der Waals surface area (Å²) in [6.45, 7) is 8.27. The summed E-state index contributed by atoms with van der Waals surface area (Å²) >= 11 is 0. The van der Waals surface area contributed by atoms with Gasteiger partial charge in [0.1, 0.15) is 0 Å². The Bertz CT molecular complexity index is 188. The van der Waals surface area contributed by atoms with Crippen LogP contribution in [0.3, 0.4) is 0 Å². The maximum atomic E-state index is 10.3. The second-order valence-electron chi connectivity index (χ2n) is 3.52. The van der Waals surface area contributed by atoms with E-state index in [0.29, 0.717) is 5.92 Å². The molecule has 0 aliphatic heterocycles. The summed E-state index contributed by atoms with van der Waals surface area (Å²) in [5, 5.41) is 8.47. The molecule has 0 heterocycles. The lowest BCUT2D eigenvalue weighted by Gasteiger charge is -2.12. The molecule has 2 heteroatoms. The molecule has 0 saturated heterocycles. The number of hydrogen-bond donors (Lipinski definition) is 1. The second-order valence-corrected chi connectivity index (χ2v) is 3.52. The molecule has 0 aliphatic carbocycles. The molecule has 0 spiro atoms. The highest BCUT2D eigenvalue weighted by atomic mass is 16.4. The Labute approximate surface area is 74.3 Å². The minimum absolute atomic E-state index is 0.270. The lowest BCUT2D eigenvalue weighted by atomic mass is 9.94. The number of carboxylic acids is 1. The summed E-state index contributed by atoms with van der Waals surface area (Å²) in [7, 11) is 0. The topological polar surface area (TPSA) is 37.3 Å². The predicted octanol–water partition coefficient (Wildman–Crippen LogP) is 2.84. The van der Waals surface area contributed by atoms with Crippen LogP contribution in [-0.4, -0.2) is 11.1 Å². The first-order valence-electron chi connectivity index (χ1n) is 4.31. The molecule has 1 N–H and O–H groups in total. The molecule has 1 unspecified atom stereocenters. The van der Waals surface area contributed by atoms with Crippen molar-refractivity contribution < 1.29 is 9.90 Å². The Kier molecular flexibility index (Phi) is 4.64. The Morgan fingerprint density at radius 1 is 1.33 bits per heavy atom. The average molecular weight is 170 g/mol. The van der Waals surface area contributed by atoms with Crippen molar-refractivity contribution in [2.45, 2.75) is 40.5 Å². The van der Waals surface area contributed by atoms with Crippen LogP contribution in [0.1, 0.15) is 40.5 Å². The SMILES string of the molecule is CC(C)=C(C)C(C)CCC(=O)O. The van der Waals surface area contributed by atoms with Crippen LogP contribution in [0.25, 0.3) is 0 Å². The van der Waals surface area contributed by atoms with Crippen LogP contribution >= 0.6 is 0 Å². The van der Waals surface area contributed by atoms with Gasteiger partial charge in [0, 0.05) is 6.42 Å². The zero-order chi connectivity index (χ0) is 9.72. The van der Waals surface area contributed by atoms with Crippen molar-refractivity contribution in [3.8, 4) is 0 Å². The van der Waals surface area contributed by atoms with E-state index < -0.39 is 5.97 Å². The number of carbonyl (C=O) groups is 1. The van der Waals surface area contributed by atoms with Crippen molar-refractivity contribution in [1.29, 1.82) is 0 Å². The van der Waals surface area contributed by atoms with Gasteiger partial charge >= 0.3 is 5.97 Å². The summed E-state index contributed by atoms with van der Waals surface area (Å²) < 4.78 is 0. The Morgan fingerprint density at radius 2 is 1.83 bits per heavy atom. The molecule has 0 fully saturated rings. The van der Waals surface area contributed by atoms with E-state index in [0.717, 1.165) is 6.42 Å². The molecule has 0 aromatic carbocycles. The smallest absolute Gasteiger partial charge is 0.303 e. The van der Waals surface area contributed by atoms with Crippen molar-refractivity contribution in [1.82, 2.24) is 0 Å². The molecule has 0 aromatic heterocycles. The van der Waals surface area contributed by atoms with Crippen molar-refractivity contribution >= 4 is 5.97 Å². The molecule has 12 heavy (non-hydrogen) atoms. The van der Waals surface area contributed by atoms with Gasteiger partial charge in [-0.3, -0.25) is 4.79 Å². The summed E-state index contributed by atoms with van der Waals surface area (Å²) in [5.41, 5.74) is 2.61. The van der Waals surface area contributed by atoms with E-state index in [1.54, 1.807) is 0 Å². The number of carboxylic acid groups (broad SMARTS) is 1. The van der Waals surface area contributed by atoms with E-state index >= 15 is 0 Å². The summed E-state index contributed by atoms with van der Waals surface area (Å²) in [4.78, 5) is 10.3. The zero-order valence-corrected chi connectivity index (χ0v) is 8.35. The average Bonchev–Trinajstić information content (AvgIpc) is 1.98. The third-order valence-electron chi connectivity index (χ3n) is 2.32. The number of allylic oxidation sites excluding steroid dienone is 2. The Morgan fingerprint density at radius 3 is 2.17 bits per heavy atom. The van der Waals surface area contributed by atoms with Crippen molar-refractivity contribution in [3.05, 3.63) is 11.1 Å². The van der Waals surface area contributed by atoms with Crippen LogP contribution in [0.4, 0.5) is 0 Å². The monoisotopic (exact) mass is 170 g/mol. The second kappa shape index (κ2) is 4.96. The van der Waals surface area contributed by atoms with E-state index in [1.165, 1.54) is 11.1 Å². The fourth-order valence-corrected chi connectivity index (χ4v) is 1.05. The van der Waals surface area contributed by atoms with Crippen LogP contribution < -0.4 is 0 Å². The van der Waals surface area contributed by atoms with E-state index in [1.807, 2.05) is 0 Å². The van der Waals surface area contributed by atoms with E-state index in [9.17, 15) is 4.79 Å². The van der Waals surface area contributed by atoms with Gasteiger partial charge in [-0.25, -0.2) is 0 Å². The highest BCUT2D eigenvalue weighted by Crippen LogP contribution is 2.18. The molecule has 0 aromatic rings. The molecular formula is C10H18O2. The van der Waals surface area contributed by atoms with Crippen molar-refractivity contribution in [2.75, 3.05) is 0 Å². The normalized spacial score (nSPS) is 12.3. The third-order valence-corrected chi connectivity index (χ3v) is 2.32. The minimum atomic E-state index is -0.705. The molecule has 70 valence electrons. The van der Waals surface area contributed by atoms with Gasteiger partial charge in [0.15, 0.2) is 0 Å². The van der Waals surface area contributed by atoms with Crippen LogP contribution in [0, 0.1) is 5.92 Å². The summed E-state index contributed by atoms with van der Waals surface area (Å²) in [6.07, 6.45) is 1.01. The Balaban J connectivity index is 3.97. The molecule has 0 radical (unpaired) electrons. The molecule has 1 atom stereocenters. The highest BCUT2D eigenvalue weighted by Gasteiger charge is 2.07. The van der Waals surface area contributed by atoms with E-state index in [2.05, 4.69) is 27.7 Å². The third kappa shape index (κ3) is 4.16. The molecule has 0 saturated carbocycles. The van der Waals surface area contributed by atoms with Gasteiger partial charge in [-0.2, -0.15) is 0 Å². The summed E-state index contributed by atoms with van der Waals surface area (Å²) in [6, 6.07) is 0. The van der Waals surface area contributed by atoms with Gasteiger partial charge in [0.25, 0.3) is 0 Å². The lowest BCUT2D eigenvalue weighted by Crippen LogP contribution is -2.03. The molecular weight excluding hydrogens is 152 g/mol. The van der Waals surface area contributed by atoms with Gasteiger partial charge in [0.05, 0.1) is 0 Å². The van der Waals surface area contributed by atoms with Crippen LogP contribution in [0.5, 0.6) is 0 Å². The first-order chi connectivity index (χ1) is 5.45. The minimum Gasteiger partial charge on any atom is -0.481 e. The molecule has 0 rings (SSSR count). The fraction of sp³-hybridized carbons (Fsp3) is 0.700. The van der Waals surface area contributed by atoms with Gasteiger partial charge in [-0.15, -0.1) is 0 Å². The van der Waals surface area contributed by atoms with Gasteiger partial charge < -0.3 is 5.11 Å². The highest BCUT2D eigenvalue weighted by molar-refractivity contribution is 5.66. The largest absolute Gasteiger partial charge is 0.481 e. The molecule has 0 bridgehead atoms. The van der Waals surface area contributed by atoms with Crippen LogP contribution in [-0.2, 0) is 4.79 Å². The van der Waals surface area contributed by atoms with Gasteiger partial charge in [-0.1, -0.05) is 18.1 Å². The quantitative estimate of drug-likeness (QED) is 0.659. The fourth-order valence-electron chi connectivity index (χ4n) is 1.05. The first-order valence-corrected chi connectivity index (χ1v) is 4.31. The van der Waals surface area contributed by atoms with Gasteiger partial charge in [0.2, 0.25) is 0 Å². The summed E-state index contributed by atoms with van der Waals surface area (Å²) in [5.74, 6) is -0.311. The molecule has 2 nitrogen and oxygen atoms in total. The number of rotatable bonds is 4. The molecule has 0 amide bonds. The van der Waals surface area contributed by atoms with Crippen molar-refractivity contribution in [2.24, 2.45) is 5.92 Å². The van der Waals surface area contributed by atoms with Gasteiger partial charge in [-0.05, 0) is 33.1 Å². The maximum Gasteiger partial charge on any atom is 0.303 e. The number of hydrogen-bond acceptors (Lipinski definition) is 1. The lowest BCUT2D eigenvalue weighted by molar-refractivity contribution is -0.137. The zero-order valence-electron chi connectivity index (χ0n) is 8.35. The standard InChI is InChI=1S/C10H18O2/c1-7(2)9(4)8(3)5-6-10(11)12/h8H,5-6H2,1-4H3,(H,11,12). The van der Waals surface area contributed by atoms with E-state index in [-0.39, 0.29) is 6.42 Å². The molecule has 0 aliphatic rings. The first kappa shape index (κ1) is 11.2. The van der Waals surface area contributed by atoms with Crippen molar-refractivity contribution in [3.63, 3.8) is 0 Å². The maximum absolute atomic E-state index is 10.3. The Hall–Kier alpha value is -0.790. The number of aliphatic carboxylic acids is 1.